The van der Waals surface area contributed by atoms with E-state index in [9.17, 15) is 0 Å². The number of allylic oxidation sites excluding steroid dienone is 2. The van der Waals surface area contributed by atoms with E-state index < -0.39 is 0 Å². The molecule has 0 aromatic carbocycles. The van der Waals surface area contributed by atoms with E-state index in [1.165, 1.54) is 6.08 Å². The first-order chi connectivity index (χ1) is 5.70. The molecule has 0 saturated carbocycles. The van der Waals surface area contributed by atoms with Crippen molar-refractivity contribution in [3.8, 4) is 0 Å². The molecule has 2 heteroatoms. The molecule has 1 unspecified atom stereocenters. The smallest absolute Gasteiger partial charge is 0.143 e. The van der Waals surface area contributed by atoms with E-state index in [0.717, 1.165) is 6.42 Å². The third kappa shape index (κ3) is 5.59. The maximum absolute atomic E-state index is 7.12. The third-order valence-electron chi connectivity index (χ3n) is 1.58. The van der Waals surface area contributed by atoms with Gasteiger partial charge < -0.3 is 0 Å². The van der Waals surface area contributed by atoms with Crippen molar-refractivity contribution in [3.05, 3.63) is 24.8 Å². The number of rotatable bonds is 4. The topological polar surface area (TPSA) is 36.2 Å². The molecule has 12 heavy (non-hydrogen) atoms. The molecule has 0 bridgehead atoms. The van der Waals surface area contributed by atoms with Gasteiger partial charge in [-0.25, -0.2) is 4.99 Å². The van der Waals surface area contributed by atoms with E-state index in [4.69, 9.17) is 5.41 Å². The van der Waals surface area contributed by atoms with Crippen molar-refractivity contribution in [2.45, 2.75) is 20.3 Å². The van der Waals surface area contributed by atoms with Crippen molar-refractivity contribution in [2.75, 3.05) is 0 Å². The Bertz CT molecular complexity index is 202. The Balaban J connectivity index is 3.80. The highest BCUT2D eigenvalue weighted by Gasteiger charge is 1.87. The Kier molecular flexibility index (Phi) is 5.88. The molecule has 1 atom stereocenters. The molecule has 0 heterocycles. The van der Waals surface area contributed by atoms with Gasteiger partial charge in [0.05, 0.1) is 0 Å². The average Bonchev–Trinajstić information content (AvgIpc) is 2.11. The van der Waals surface area contributed by atoms with Crippen molar-refractivity contribution in [1.82, 2.24) is 0 Å². The zero-order valence-electron chi connectivity index (χ0n) is 7.75. The molecule has 0 fully saturated rings. The van der Waals surface area contributed by atoms with Gasteiger partial charge in [0.15, 0.2) is 0 Å². The first-order valence-corrected chi connectivity index (χ1v) is 4.12. The van der Waals surface area contributed by atoms with Crippen LogP contribution in [0.15, 0.2) is 29.8 Å². The summed E-state index contributed by atoms with van der Waals surface area (Å²) in [7, 11) is 0. The fourth-order valence-corrected chi connectivity index (χ4v) is 0.551. The quantitative estimate of drug-likeness (QED) is 0.490. The van der Waals surface area contributed by atoms with Gasteiger partial charge in [-0.1, -0.05) is 32.9 Å². The predicted molar refractivity (Wildman–Crippen MR) is 55.0 cm³/mol. The molecule has 0 aliphatic heterocycles. The highest BCUT2D eigenvalue weighted by Crippen LogP contribution is 2.00. The highest BCUT2D eigenvalue weighted by molar-refractivity contribution is 5.97. The van der Waals surface area contributed by atoms with Crippen LogP contribution < -0.4 is 0 Å². The summed E-state index contributed by atoms with van der Waals surface area (Å²) in [5, 5.41) is 7.12. The molecule has 1 N–H and O–H groups in total. The molecule has 0 saturated heterocycles. The zero-order chi connectivity index (χ0) is 9.40. The molecule has 0 aromatic heterocycles. The van der Waals surface area contributed by atoms with Crippen molar-refractivity contribution in [3.63, 3.8) is 0 Å². The van der Waals surface area contributed by atoms with Crippen LogP contribution >= 0.6 is 0 Å². The van der Waals surface area contributed by atoms with E-state index in [2.05, 4.69) is 31.5 Å². The van der Waals surface area contributed by atoms with Gasteiger partial charge in [0.1, 0.15) is 5.84 Å². The second-order valence-corrected chi connectivity index (χ2v) is 2.64. The van der Waals surface area contributed by atoms with Crippen molar-refractivity contribution >= 4 is 12.1 Å². The summed E-state index contributed by atoms with van der Waals surface area (Å²) in [6.45, 7) is 7.71. The van der Waals surface area contributed by atoms with Gasteiger partial charge in [0.25, 0.3) is 0 Å². The number of nitrogens with one attached hydrogen (secondary N) is 1. The van der Waals surface area contributed by atoms with Crippen LogP contribution in [0.1, 0.15) is 20.3 Å². The molecule has 2 nitrogen and oxygen atoms in total. The minimum absolute atomic E-state index is 0.198. The lowest BCUT2D eigenvalue weighted by molar-refractivity contribution is 0.699. The molecule has 0 radical (unpaired) electrons. The lowest BCUT2D eigenvalue weighted by atomic mass is 10.1. The molecule has 66 valence electrons. The number of nitrogens with zero attached hydrogens (tertiary/aromatic N) is 1. The van der Waals surface area contributed by atoms with Gasteiger partial charge in [-0.3, -0.25) is 5.41 Å². The van der Waals surface area contributed by atoms with Crippen LogP contribution in [0.2, 0.25) is 0 Å². The Hall–Kier alpha value is -1.18. The largest absolute Gasteiger partial charge is 0.283 e. The SMILES string of the molecule is C=CC(=N)N=C/C=C\C(C)CC. The molecular formula is C10H16N2. The van der Waals surface area contributed by atoms with Crippen molar-refractivity contribution < 1.29 is 0 Å². The van der Waals surface area contributed by atoms with E-state index in [1.54, 1.807) is 6.21 Å². The second kappa shape index (κ2) is 6.53. The molecule has 0 amide bonds. The third-order valence-corrected chi connectivity index (χ3v) is 1.58. The molecule has 0 aliphatic carbocycles. The van der Waals surface area contributed by atoms with Crippen LogP contribution in [0.25, 0.3) is 0 Å². The van der Waals surface area contributed by atoms with E-state index in [-0.39, 0.29) is 5.84 Å². The Morgan fingerprint density at radius 3 is 2.83 bits per heavy atom. The van der Waals surface area contributed by atoms with Gasteiger partial charge in [0, 0.05) is 6.21 Å². The number of amidine groups is 1. The Morgan fingerprint density at radius 1 is 1.67 bits per heavy atom. The van der Waals surface area contributed by atoms with Gasteiger partial charge in [-0.2, -0.15) is 0 Å². The lowest BCUT2D eigenvalue weighted by Gasteiger charge is -1.96. The molecule has 0 spiro atoms. The van der Waals surface area contributed by atoms with E-state index in [1.807, 2.05) is 6.08 Å². The molecule has 0 aromatic rings. The number of aliphatic imine (C=N–C) groups is 1. The lowest BCUT2D eigenvalue weighted by Crippen LogP contribution is -1.86. The van der Waals surface area contributed by atoms with Gasteiger partial charge in [-0.15, -0.1) is 0 Å². The Labute approximate surface area is 74.2 Å². The minimum atomic E-state index is 0.198. The van der Waals surface area contributed by atoms with Crippen LogP contribution in [0, 0.1) is 11.3 Å². The van der Waals surface area contributed by atoms with E-state index >= 15 is 0 Å². The highest BCUT2D eigenvalue weighted by atomic mass is 14.8. The summed E-state index contributed by atoms with van der Waals surface area (Å²) in [5.74, 6) is 0.776. The maximum Gasteiger partial charge on any atom is 0.143 e. The minimum Gasteiger partial charge on any atom is -0.283 e. The van der Waals surface area contributed by atoms with Crippen LogP contribution in [0.3, 0.4) is 0 Å². The zero-order valence-corrected chi connectivity index (χ0v) is 7.75. The van der Waals surface area contributed by atoms with Gasteiger partial charge in [0.2, 0.25) is 0 Å². The summed E-state index contributed by atoms with van der Waals surface area (Å²) in [4.78, 5) is 3.80. The summed E-state index contributed by atoms with van der Waals surface area (Å²) in [6.07, 6.45) is 8.10. The molecule has 0 aliphatic rings. The molecule has 0 rings (SSSR count). The maximum atomic E-state index is 7.12. The summed E-state index contributed by atoms with van der Waals surface area (Å²) in [6, 6.07) is 0. The monoisotopic (exact) mass is 164 g/mol. The van der Waals surface area contributed by atoms with Crippen LogP contribution in [0.5, 0.6) is 0 Å². The fraction of sp³-hybridized carbons (Fsp3) is 0.400. The number of hydrogen-bond acceptors (Lipinski definition) is 1. The van der Waals surface area contributed by atoms with Crippen LogP contribution in [0.4, 0.5) is 0 Å². The number of hydrogen-bond donors (Lipinski definition) is 1. The Morgan fingerprint density at radius 2 is 2.33 bits per heavy atom. The van der Waals surface area contributed by atoms with Crippen molar-refractivity contribution in [2.24, 2.45) is 10.9 Å². The first-order valence-electron chi connectivity index (χ1n) is 4.12. The predicted octanol–water partition coefficient (Wildman–Crippen LogP) is 2.82. The van der Waals surface area contributed by atoms with Crippen LogP contribution in [-0.2, 0) is 0 Å². The fourth-order valence-electron chi connectivity index (χ4n) is 0.551. The van der Waals surface area contributed by atoms with Crippen LogP contribution in [-0.4, -0.2) is 12.1 Å². The normalized spacial score (nSPS) is 13.8. The van der Waals surface area contributed by atoms with Gasteiger partial charge in [-0.05, 0) is 18.1 Å². The summed E-state index contributed by atoms with van der Waals surface area (Å²) in [5.41, 5.74) is 0. The average molecular weight is 164 g/mol. The van der Waals surface area contributed by atoms with E-state index in [0.29, 0.717) is 5.92 Å². The standard InChI is InChI=1S/C10H16N2/c1-4-9(3)7-6-8-12-10(11)5-2/h5-9,11H,2,4H2,1,3H3/b7-6-,11-10?,12-8?. The first kappa shape index (κ1) is 10.8. The van der Waals surface area contributed by atoms with Crippen molar-refractivity contribution in [1.29, 1.82) is 5.41 Å². The second-order valence-electron chi connectivity index (χ2n) is 2.64. The summed E-state index contributed by atoms with van der Waals surface area (Å²) < 4.78 is 0. The molecular weight excluding hydrogens is 148 g/mol. The van der Waals surface area contributed by atoms with Gasteiger partial charge >= 0.3 is 0 Å². The summed E-state index contributed by atoms with van der Waals surface area (Å²) >= 11 is 0.